The SMILES string of the molecule is CCCNC(C)c1cccn1Cc1ccc(Cl)cc1. The first kappa shape index (κ1) is 14.2. The Morgan fingerprint density at radius 3 is 2.63 bits per heavy atom. The Morgan fingerprint density at radius 2 is 1.95 bits per heavy atom. The molecule has 0 aliphatic heterocycles. The van der Waals surface area contributed by atoms with Crippen molar-refractivity contribution in [3.8, 4) is 0 Å². The molecule has 1 heterocycles. The minimum Gasteiger partial charge on any atom is -0.346 e. The van der Waals surface area contributed by atoms with Crippen LogP contribution in [0.1, 0.15) is 37.6 Å². The van der Waals surface area contributed by atoms with Crippen molar-refractivity contribution in [1.82, 2.24) is 9.88 Å². The first-order valence-electron chi connectivity index (χ1n) is 6.83. The zero-order valence-electron chi connectivity index (χ0n) is 11.6. The van der Waals surface area contributed by atoms with Crippen LogP contribution >= 0.6 is 11.6 Å². The van der Waals surface area contributed by atoms with E-state index in [4.69, 9.17) is 11.6 Å². The van der Waals surface area contributed by atoms with Gasteiger partial charge < -0.3 is 9.88 Å². The van der Waals surface area contributed by atoms with Crippen molar-refractivity contribution < 1.29 is 0 Å². The van der Waals surface area contributed by atoms with Gasteiger partial charge in [-0.15, -0.1) is 0 Å². The highest BCUT2D eigenvalue weighted by Crippen LogP contribution is 2.16. The summed E-state index contributed by atoms with van der Waals surface area (Å²) in [6.45, 7) is 6.33. The van der Waals surface area contributed by atoms with E-state index in [0.717, 1.165) is 24.5 Å². The molecular weight excluding hydrogens is 256 g/mol. The highest BCUT2D eigenvalue weighted by Gasteiger charge is 2.09. The van der Waals surface area contributed by atoms with Gasteiger partial charge in [-0.3, -0.25) is 0 Å². The number of hydrogen-bond donors (Lipinski definition) is 1. The second-order valence-electron chi connectivity index (χ2n) is 4.86. The van der Waals surface area contributed by atoms with Gasteiger partial charge in [0.15, 0.2) is 0 Å². The van der Waals surface area contributed by atoms with E-state index in [1.165, 1.54) is 11.3 Å². The summed E-state index contributed by atoms with van der Waals surface area (Å²) >= 11 is 5.92. The molecule has 19 heavy (non-hydrogen) atoms. The molecule has 0 saturated heterocycles. The number of halogens is 1. The Bertz CT molecular complexity index is 502. The number of aromatic nitrogens is 1. The van der Waals surface area contributed by atoms with Gasteiger partial charge in [-0.25, -0.2) is 0 Å². The molecule has 1 aromatic heterocycles. The molecule has 2 nitrogen and oxygen atoms in total. The molecule has 1 unspecified atom stereocenters. The minimum atomic E-state index is 0.377. The summed E-state index contributed by atoms with van der Waals surface area (Å²) in [7, 11) is 0. The largest absolute Gasteiger partial charge is 0.346 e. The van der Waals surface area contributed by atoms with Gasteiger partial charge in [-0.1, -0.05) is 30.7 Å². The minimum absolute atomic E-state index is 0.377. The molecule has 0 aliphatic carbocycles. The summed E-state index contributed by atoms with van der Waals surface area (Å²) in [4.78, 5) is 0. The van der Waals surface area contributed by atoms with Crippen LogP contribution in [-0.4, -0.2) is 11.1 Å². The Hall–Kier alpha value is -1.25. The van der Waals surface area contributed by atoms with Gasteiger partial charge in [-0.05, 0) is 49.7 Å². The van der Waals surface area contributed by atoms with Crippen LogP contribution in [0.2, 0.25) is 5.02 Å². The standard InChI is InChI=1S/C16H21ClN2/c1-3-10-18-13(2)16-5-4-11-19(16)12-14-6-8-15(17)9-7-14/h4-9,11,13,18H,3,10,12H2,1-2H3. The molecule has 3 heteroatoms. The van der Waals surface area contributed by atoms with E-state index >= 15 is 0 Å². The van der Waals surface area contributed by atoms with Crippen LogP contribution < -0.4 is 5.32 Å². The average Bonchev–Trinajstić information content (AvgIpc) is 2.87. The fourth-order valence-corrected chi connectivity index (χ4v) is 2.34. The highest BCUT2D eigenvalue weighted by molar-refractivity contribution is 6.30. The lowest BCUT2D eigenvalue weighted by atomic mass is 10.2. The number of rotatable bonds is 6. The maximum absolute atomic E-state index is 5.92. The number of benzene rings is 1. The molecule has 0 saturated carbocycles. The summed E-state index contributed by atoms with van der Waals surface area (Å²) < 4.78 is 2.29. The molecule has 0 radical (unpaired) electrons. The van der Waals surface area contributed by atoms with E-state index in [-0.39, 0.29) is 0 Å². The van der Waals surface area contributed by atoms with Crippen molar-refractivity contribution in [3.05, 3.63) is 58.9 Å². The number of nitrogens with zero attached hydrogens (tertiary/aromatic N) is 1. The maximum atomic E-state index is 5.92. The van der Waals surface area contributed by atoms with Gasteiger partial charge in [-0.2, -0.15) is 0 Å². The fourth-order valence-electron chi connectivity index (χ4n) is 2.22. The lowest BCUT2D eigenvalue weighted by molar-refractivity contribution is 0.534. The van der Waals surface area contributed by atoms with Crippen molar-refractivity contribution in [3.63, 3.8) is 0 Å². The topological polar surface area (TPSA) is 17.0 Å². The zero-order chi connectivity index (χ0) is 13.7. The lowest BCUT2D eigenvalue weighted by Crippen LogP contribution is -2.22. The van der Waals surface area contributed by atoms with Crippen LogP contribution in [0.25, 0.3) is 0 Å². The van der Waals surface area contributed by atoms with Crippen molar-refractivity contribution >= 4 is 11.6 Å². The lowest BCUT2D eigenvalue weighted by Gasteiger charge is -2.17. The summed E-state index contributed by atoms with van der Waals surface area (Å²) in [6, 6.07) is 12.7. The van der Waals surface area contributed by atoms with E-state index in [9.17, 15) is 0 Å². The molecule has 2 rings (SSSR count). The molecule has 0 bridgehead atoms. The van der Waals surface area contributed by atoms with Crippen molar-refractivity contribution in [1.29, 1.82) is 0 Å². The number of nitrogens with one attached hydrogen (secondary N) is 1. The van der Waals surface area contributed by atoms with Gasteiger partial charge in [0.1, 0.15) is 0 Å². The Balaban J connectivity index is 2.08. The molecule has 1 aromatic carbocycles. The predicted molar refractivity (Wildman–Crippen MR) is 81.7 cm³/mol. The smallest absolute Gasteiger partial charge is 0.0473 e. The normalized spacial score (nSPS) is 12.6. The van der Waals surface area contributed by atoms with Gasteiger partial charge >= 0.3 is 0 Å². The summed E-state index contributed by atoms with van der Waals surface area (Å²) in [6.07, 6.45) is 3.29. The molecule has 0 amide bonds. The Labute approximate surface area is 120 Å². The van der Waals surface area contributed by atoms with Crippen LogP contribution in [0.5, 0.6) is 0 Å². The third kappa shape index (κ3) is 3.85. The molecule has 0 aliphatic rings. The number of hydrogen-bond acceptors (Lipinski definition) is 1. The molecule has 0 fully saturated rings. The van der Waals surface area contributed by atoms with Crippen LogP contribution in [0, 0.1) is 0 Å². The molecule has 1 atom stereocenters. The van der Waals surface area contributed by atoms with Gasteiger partial charge in [0.25, 0.3) is 0 Å². The fraction of sp³-hybridized carbons (Fsp3) is 0.375. The van der Waals surface area contributed by atoms with Crippen LogP contribution in [0.4, 0.5) is 0 Å². The highest BCUT2D eigenvalue weighted by atomic mass is 35.5. The van der Waals surface area contributed by atoms with Gasteiger partial charge in [0.2, 0.25) is 0 Å². The summed E-state index contributed by atoms with van der Waals surface area (Å²) in [5, 5.41) is 4.31. The van der Waals surface area contributed by atoms with E-state index in [1.807, 2.05) is 12.1 Å². The maximum Gasteiger partial charge on any atom is 0.0473 e. The first-order valence-corrected chi connectivity index (χ1v) is 7.21. The van der Waals surface area contributed by atoms with Gasteiger partial charge in [0.05, 0.1) is 0 Å². The summed E-state index contributed by atoms with van der Waals surface area (Å²) in [5.74, 6) is 0. The van der Waals surface area contributed by atoms with Crippen LogP contribution in [-0.2, 0) is 6.54 Å². The quantitative estimate of drug-likeness (QED) is 0.835. The van der Waals surface area contributed by atoms with Crippen LogP contribution in [0.15, 0.2) is 42.6 Å². The molecule has 0 spiro atoms. The monoisotopic (exact) mass is 276 g/mol. The van der Waals surface area contributed by atoms with E-state index < -0.39 is 0 Å². The molecule has 1 N–H and O–H groups in total. The predicted octanol–water partition coefficient (Wildman–Crippen LogP) is 4.25. The summed E-state index contributed by atoms with van der Waals surface area (Å²) in [5.41, 5.74) is 2.59. The van der Waals surface area contributed by atoms with E-state index in [1.54, 1.807) is 0 Å². The zero-order valence-corrected chi connectivity index (χ0v) is 12.3. The van der Waals surface area contributed by atoms with Crippen molar-refractivity contribution in [2.75, 3.05) is 6.54 Å². The van der Waals surface area contributed by atoms with E-state index in [2.05, 4.69) is 54.2 Å². The second kappa shape index (κ2) is 6.78. The Morgan fingerprint density at radius 1 is 1.21 bits per heavy atom. The first-order chi connectivity index (χ1) is 9.20. The average molecular weight is 277 g/mol. The Kier molecular flexibility index (Phi) is 5.06. The molecular formula is C16H21ClN2. The van der Waals surface area contributed by atoms with Gasteiger partial charge in [0, 0.05) is 29.5 Å². The second-order valence-corrected chi connectivity index (χ2v) is 5.30. The molecule has 2 aromatic rings. The third-order valence-electron chi connectivity index (χ3n) is 3.27. The van der Waals surface area contributed by atoms with Crippen molar-refractivity contribution in [2.45, 2.75) is 32.9 Å². The van der Waals surface area contributed by atoms with Crippen LogP contribution in [0.3, 0.4) is 0 Å². The molecule has 102 valence electrons. The van der Waals surface area contributed by atoms with Crippen molar-refractivity contribution in [2.24, 2.45) is 0 Å². The third-order valence-corrected chi connectivity index (χ3v) is 3.53. The van der Waals surface area contributed by atoms with E-state index in [0.29, 0.717) is 6.04 Å².